The smallest absolute Gasteiger partial charge is 0.325 e. The monoisotopic (exact) mass is 259 g/mol. The topological polar surface area (TPSA) is 62.5 Å². The lowest BCUT2D eigenvalue weighted by Crippen LogP contribution is -2.27. The summed E-state index contributed by atoms with van der Waals surface area (Å²) >= 11 is 0. The van der Waals surface area contributed by atoms with Gasteiger partial charge in [0.05, 0.1) is 6.54 Å². The molecule has 0 fully saturated rings. The fourth-order valence-electron chi connectivity index (χ4n) is 1.90. The van der Waals surface area contributed by atoms with Crippen molar-refractivity contribution in [1.82, 2.24) is 5.32 Å². The third-order valence-electron chi connectivity index (χ3n) is 2.93. The zero-order valence-corrected chi connectivity index (χ0v) is 10.8. The van der Waals surface area contributed by atoms with Crippen molar-refractivity contribution in [2.24, 2.45) is 0 Å². The molecule has 4 nitrogen and oxygen atoms in total. The summed E-state index contributed by atoms with van der Waals surface area (Å²) in [5.41, 5.74) is 0.734. The largest absolute Gasteiger partial charge is 0.480 e. The Labute approximate surface area is 112 Å². The Morgan fingerprint density at radius 2 is 1.89 bits per heavy atom. The normalized spacial score (nSPS) is 12.3. The van der Waals surface area contributed by atoms with Gasteiger partial charge in [-0.3, -0.25) is 10.1 Å². The minimum absolute atomic E-state index is 0.395. The van der Waals surface area contributed by atoms with Gasteiger partial charge in [0, 0.05) is 6.42 Å². The van der Waals surface area contributed by atoms with E-state index in [0.717, 1.165) is 23.5 Å². The van der Waals surface area contributed by atoms with Gasteiger partial charge in [0.1, 0.15) is 17.6 Å². The van der Waals surface area contributed by atoms with E-state index in [4.69, 9.17) is 4.42 Å². The molecule has 1 aromatic heterocycles. The average Bonchev–Trinajstić information content (AvgIpc) is 2.88. The van der Waals surface area contributed by atoms with Crippen LogP contribution in [0.3, 0.4) is 0 Å². The number of nitrogens with one attached hydrogen (secondary N) is 1. The van der Waals surface area contributed by atoms with Crippen LogP contribution in [0.2, 0.25) is 0 Å². The summed E-state index contributed by atoms with van der Waals surface area (Å²) < 4.78 is 5.54. The summed E-state index contributed by atoms with van der Waals surface area (Å²) in [4.78, 5) is 11.3. The van der Waals surface area contributed by atoms with Gasteiger partial charge in [0.2, 0.25) is 0 Å². The Balaban J connectivity index is 2.04. The molecule has 1 unspecified atom stereocenters. The highest BCUT2D eigenvalue weighted by atomic mass is 16.4. The van der Waals surface area contributed by atoms with E-state index in [2.05, 4.69) is 5.32 Å². The van der Waals surface area contributed by atoms with Crippen LogP contribution in [0.15, 0.2) is 46.9 Å². The molecule has 2 aromatic rings. The van der Waals surface area contributed by atoms with Crippen LogP contribution in [0.4, 0.5) is 0 Å². The molecule has 2 N–H and O–H groups in total. The van der Waals surface area contributed by atoms with Crippen molar-refractivity contribution < 1.29 is 14.3 Å². The third-order valence-corrected chi connectivity index (χ3v) is 2.93. The zero-order chi connectivity index (χ0) is 13.7. The van der Waals surface area contributed by atoms with E-state index < -0.39 is 12.0 Å². The van der Waals surface area contributed by atoms with Crippen molar-refractivity contribution >= 4 is 5.97 Å². The maximum Gasteiger partial charge on any atom is 0.325 e. The number of carbonyl (C=O) groups is 1. The van der Waals surface area contributed by atoms with E-state index in [1.54, 1.807) is 12.1 Å². The molecule has 2 rings (SSSR count). The fraction of sp³-hybridized carbons (Fsp3) is 0.267. The molecule has 0 aliphatic rings. The molecule has 1 atom stereocenters. The third kappa shape index (κ3) is 3.45. The first kappa shape index (κ1) is 13.4. The number of carboxylic acid groups (broad SMARTS) is 1. The molecular weight excluding hydrogens is 242 g/mol. The Morgan fingerprint density at radius 3 is 2.47 bits per heavy atom. The number of hydrogen-bond donors (Lipinski definition) is 2. The molecule has 0 aliphatic carbocycles. The fourth-order valence-corrected chi connectivity index (χ4v) is 1.90. The number of carboxylic acids is 1. The molecule has 0 saturated carbocycles. The Bertz CT molecular complexity index is 533. The summed E-state index contributed by atoms with van der Waals surface area (Å²) in [7, 11) is 0. The van der Waals surface area contributed by atoms with E-state index in [-0.39, 0.29) is 0 Å². The molecule has 0 aliphatic heterocycles. The molecule has 0 amide bonds. The number of aliphatic carboxylic acids is 1. The van der Waals surface area contributed by atoms with Crippen molar-refractivity contribution in [2.45, 2.75) is 25.9 Å². The lowest BCUT2D eigenvalue weighted by Gasteiger charge is -2.13. The van der Waals surface area contributed by atoms with Gasteiger partial charge in [0.15, 0.2) is 0 Å². The van der Waals surface area contributed by atoms with Crippen molar-refractivity contribution in [2.75, 3.05) is 0 Å². The van der Waals surface area contributed by atoms with Crippen LogP contribution in [-0.2, 0) is 17.8 Å². The van der Waals surface area contributed by atoms with Gasteiger partial charge in [-0.1, -0.05) is 37.3 Å². The van der Waals surface area contributed by atoms with Crippen LogP contribution in [0, 0.1) is 0 Å². The van der Waals surface area contributed by atoms with E-state index in [9.17, 15) is 9.90 Å². The second-order valence-electron chi connectivity index (χ2n) is 4.28. The highest BCUT2D eigenvalue weighted by Gasteiger charge is 2.19. The van der Waals surface area contributed by atoms with Crippen LogP contribution < -0.4 is 5.32 Å². The van der Waals surface area contributed by atoms with Gasteiger partial charge in [-0.15, -0.1) is 0 Å². The molecular formula is C15H17NO3. The van der Waals surface area contributed by atoms with Gasteiger partial charge >= 0.3 is 5.97 Å². The minimum atomic E-state index is -0.895. The van der Waals surface area contributed by atoms with Gasteiger partial charge < -0.3 is 9.52 Å². The standard InChI is InChI=1S/C15H17NO3/c1-2-12-8-9-13(19-12)10-16-14(15(17)18)11-6-4-3-5-7-11/h3-9,14,16H,2,10H2,1H3,(H,17,18). The van der Waals surface area contributed by atoms with Crippen molar-refractivity contribution in [1.29, 1.82) is 0 Å². The summed E-state index contributed by atoms with van der Waals surface area (Å²) in [5.74, 6) is 0.760. The first-order chi connectivity index (χ1) is 9.20. The average molecular weight is 259 g/mol. The highest BCUT2D eigenvalue weighted by Crippen LogP contribution is 2.15. The van der Waals surface area contributed by atoms with E-state index >= 15 is 0 Å². The SMILES string of the molecule is CCc1ccc(CNC(C(=O)O)c2ccccc2)o1. The van der Waals surface area contributed by atoms with Crippen LogP contribution in [0.25, 0.3) is 0 Å². The molecule has 1 heterocycles. The number of hydrogen-bond acceptors (Lipinski definition) is 3. The molecule has 0 spiro atoms. The maximum absolute atomic E-state index is 11.3. The lowest BCUT2D eigenvalue weighted by atomic mass is 10.1. The maximum atomic E-state index is 11.3. The first-order valence-electron chi connectivity index (χ1n) is 6.29. The Hall–Kier alpha value is -2.07. The van der Waals surface area contributed by atoms with Crippen LogP contribution >= 0.6 is 0 Å². The Kier molecular flexibility index (Phi) is 4.36. The summed E-state index contributed by atoms with van der Waals surface area (Å²) in [6.45, 7) is 2.41. The van der Waals surface area contributed by atoms with Crippen molar-refractivity contribution in [3.05, 3.63) is 59.5 Å². The predicted molar refractivity (Wildman–Crippen MR) is 71.7 cm³/mol. The quantitative estimate of drug-likeness (QED) is 0.837. The zero-order valence-electron chi connectivity index (χ0n) is 10.8. The Morgan fingerprint density at radius 1 is 1.21 bits per heavy atom. The molecule has 0 radical (unpaired) electrons. The lowest BCUT2D eigenvalue weighted by molar-refractivity contribution is -0.139. The molecule has 0 bridgehead atoms. The van der Waals surface area contributed by atoms with Crippen LogP contribution in [0.1, 0.15) is 30.0 Å². The molecule has 1 aromatic carbocycles. The summed E-state index contributed by atoms with van der Waals surface area (Å²) in [6.07, 6.45) is 0.834. The second kappa shape index (κ2) is 6.20. The van der Waals surface area contributed by atoms with Gasteiger partial charge in [-0.2, -0.15) is 0 Å². The van der Waals surface area contributed by atoms with Crippen molar-refractivity contribution in [3.63, 3.8) is 0 Å². The summed E-state index contributed by atoms with van der Waals surface area (Å²) in [6, 6.07) is 12.2. The van der Waals surface area contributed by atoms with Gasteiger partial charge in [0.25, 0.3) is 0 Å². The number of aryl methyl sites for hydroxylation is 1. The molecule has 100 valence electrons. The number of furan rings is 1. The second-order valence-corrected chi connectivity index (χ2v) is 4.28. The highest BCUT2D eigenvalue weighted by molar-refractivity contribution is 5.75. The molecule has 0 saturated heterocycles. The summed E-state index contributed by atoms with van der Waals surface area (Å²) in [5, 5.41) is 12.3. The van der Waals surface area contributed by atoms with E-state index in [1.165, 1.54) is 0 Å². The van der Waals surface area contributed by atoms with Crippen LogP contribution in [0.5, 0.6) is 0 Å². The van der Waals surface area contributed by atoms with E-state index in [0.29, 0.717) is 6.54 Å². The predicted octanol–water partition coefficient (Wildman–Crippen LogP) is 2.76. The van der Waals surface area contributed by atoms with Gasteiger partial charge in [-0.25, -0.2) is 0 Å². The number of benzene rings is 1. The first-order valence-corrected chi connectivity index (χ1v) is 6.29. The minimum Gasteiger partial charge on any atom is -0.480 e. The van der Waals surface area contributed by atoms with E-state index in [1.807, 2.05) is 37.3 Å². The molecule has 4 heteroatoms. The van der Waals surface area contributed by atoms with Crippen molar-refractivity contribution in [3.8, 4) is 0 Å². The molecule has 19 heavy (non-hydrogen) atoms. The van der Waals surface area contributed by atoms with Crippen LogP contribution in [-0.4, -0.2) is 11.1 Å². The van der Waals surface area contributed by atoms with Gasteiger partial charge in [-0.05, 0) is 17.7 Å². The number of rotatable bonds is 6.